The highest BCUT2D eigenvalue weighted by molar-refractivity contribution is 6.30. The van der Waals surface area contributed by atoms with Crippen molar-refractivity contribution >= 4 is 34.1 Å². The Morgan fingerprint density at radius 2 is 2.03 bits per heavy atom. The number of aromatic nitrogens is 2. The van der Waals surface area contributed by atoms with Crippen molar-refractivity contribution < 1.29 is 4.79 Å². The number of hydrogen-bond donors (Lipinski definition) is 2. The first-order chi connectivity index (χ1) is 16.1. The Morgan fingerprint density at radius 3 is 2.76 bits per heavy atom. The largest absolute Gasteiger partial charge is 0.370 e. The Bertz CT molecular complexity index is 1270. The summed E-state index contributed by atoms with van der Waals surface area (Å²) in [5, 5.41) is 7.39. The molecule has 7 nitrogen and oxygen atoms in total. The predicted octanol–water partition coefficient (Wildman–Crippen LogP) is 3.68. The summed E-state index contributed by atoms with van der Waals surface area (Å²) in [5.74, 6) is 0.185. The molecule has 34 heavy (non-hydrogen) atoms. The van der Waals surface area contributed by atoms with Gasteiger partial charge in [-0.1, -0.05) is 37.6 Å². The number of nitrogens with one attached hydrogen (secondary N) is 2. The number of fused-ring (bicyclic) bond motifs is 1. The van der Waals surface area contributed by atoms with Gasteiger partial charge in [0, 0.05) is 48.5 Å². The van der Waals surface area contributed by atoms with Crippen LogP contribution >= 0.6 is 11.6 Å². The van der Waals surface area contributed by atoms with Crippen molar-refractivity contribution in [1.82, 2.24) is 20.2 Å². The molecule has 0 aliphatic carbocycles. The maximum atomic E-state index is 13.7. The standard InChI is InChI=1S/C26H32ClN5O2/c1-17(2)29-23(33)14-32-24(18-6-5-7-19(27)12-18)30-22-9-8-20(13-21(22)25(32)34)31-11-10-28-15-26(3,4)16-31/h5-9,12-13,17,28H,10-11,14-16H2,1-4H3,(H,29,33). The monoisotopic (exact) mass is 481 g/mol. The molecule has 1 fully saturated rings. The zero-order valence-corrected chi connectivity index (χ0v) is 20.9. The summed E-state index contributed by atoms with van der Waals surface area (Å²) in [6.07, 6.45) is 0. The van der Waals surface area contributed by atoms with Crippen LogP contribution in [-0.4, -0.2) is 47.7 Å². The van der Waals surface area contributed by atoms with Crippen molar-refractivity contribution in [3.63, 3.8) is 0 Å². The summed E-state index contributed by atoms with van der Waals surface area (Å²) in [4.78, 5) is 33.5. The minimum absolute atomic E-state index is 0.0298. The van der Waals surface area contributed by atoms with E-state index in [0.717, 1.165) is 31.9 Å². The van der Waals surface area contributed by atoms with Crippen LogP contribution in [0, 0.1) is 5.41 Å². The first kappa shape index (κ1) is 24.2. The lowest BCUT2D eigenvalue weighted by Gasteiger charge is -2.30. The lowest BCUT2D eigenvalue weighted by molar-refractivity contribution is -0.122. The highest BCUT2D eigenvalue weighted by Crippen LogP contribution is 2.27. The third-order valence-corrected chi connectivity index (χ3v) is 6.15. The topological polar surface area (TPSA) is 79.3 Å². The molecular formula is C26H32ClN5O2. The van der Waals surface area contributed by atoms with Crippen LogP contribution in [0.4, 0.5) is 5.69 Å². The average molecular weight is 482 g/mol. The number of carbonyl (C=O) groups is 1. The maximum absolute atomic E-state index is 13.7. The molecule has 2 heterocycles. The van der Waals surface area contributed by atoms with Crippen molar-refractivity contribution in [2.24, 2.45) is 5.41 Å². The number of anilines is 1. The SMILES string of the molecule is CC(C)NC(=O)Cn1c(-c2cccc(Cl)c2)nc2ccc(N3CCNCC(C)(C)C3)cc2c1=O. The van der Waals surface area contributed by atoms with Crippen molar-refractivity contribution in [2.75, 3.05) is 31.1 Å². The predicted molar refractivity (Wildman–Crippen MR) is 139 cm³/mol. The molecule has 1 aromatic heterocycles. The van der Waals surface area contributed by atoms with E-state index in [-0.39, 0.29) is 29.5 Å². The summed E-state index contributed by atoms with van der Waals surface area (Å²) in [7, 11) is 0. The van der Waals surface area contributed by atoms with Crippen LogP contribution in [0.25, 0.3) is 22.3 Å². The second-order valence-corrected chi connectivity index (χ2v) is 10.5. The van der Waals surface area contributed by atoms with E-state index in [2.05, 4.69) is 29.4 Å². The van der Waals surface area contributed by atoms with Gasteiger partial charge in [-0.2, -0.15) is 0 Å². The van der Waals surface area contributed by atoms with E-state index < -0.39 is 0 Å². The molecule has 1 amide bonds. The van der Waals surface area contributed by atoms with Crippen molar-refractivity contribution in [3.8, 4) is 11.4 Å². The summed E-state index contributed by atoms with van der Waals surface area (Å²) in [6.45, 7) is 11.7. The molecular weight excluding hydrogens is 450 g/mol. The molecule has 2 aromatic carbocycles. The normalized spacial score (nSPS) is 16.0. The van der Waals surface area contributed by atoms with Gasteiger partial charge >= 0.3 is 0 Å². The molecule has 0 atom stereocenters. The second-order valence-electron chi connectivity index (χ2n) is 10.0. The van der Waals surface area contributed by atoms with E-state index in [4.69, 9.17) is 16.6 Å². The molecule has 2 N–H and O–H groups in total. The third-order valence-electron chi connectivity index (χ3n) is 5.92. The number of hydrogen-bond acceptors (Lipinski definition) is 5. The van der Waals surface area contributed by atoms with Crippen molar-refractivity contribution in [1.29, 1.82) is 0 Å². The number of amides is 1. The van der Waals surface area contributed by atoms with E-state index >= 15 is 0 Å². The van der Waals surface area contributed by atoms with E-state index in [1.54, 1.807) is 12.1 Å². The summed E-state index contributed by atoms with van der Waals surface area (Å²) in [5.41, 5.74) is 2.13. The van der Waals surface area contributed by atoms with E-state index in [1.807, 2.05) is 44.2 Å². The molecule has 1 saturated heterocycles. The summed E-state index contributed by atoms with van der Waals surface area (Å²) < 4.78 is 1.45. The van der Waals surface area contributed by atoms with Crippen molar-refractivity contribution in [2.45, 2.75) is 40.3 Å². The number of carbonyl (C=O) groups excluding carboxylic acids is 1. The fourth-order valence-electron chi connectivity index (χ4n) is 4.42. The van der Waals surface area contributed by atoms with Gasteiger partial charge in [-0.05, 0) is 49.6 Å². The molecule has 0 bridgehead atoms. The van der Waals surface area contributed by atoms with Crippen LogP contribution in [0.3, 0.4) is 0 Å². The minimum Gasteiger partial charge on any atom is -0.370 e. The van der Waals surface area contributed by atoms with Gasteiger partial charge in [0.05, 0.1) is 10.9 Å². The number of rotatable bonds is 5. The highest BCUT2D eigenvalue weighted by atomic mass is 35.5. The quantitative estimate of drug-likeness (QED) is 0.581. The Labute approximate surface area is 205 Å². The number of benzene rings is 2. The van der Waals surface area contributed by atoms with Gasteiger partial charge < -0.3 is 15.5 Å². The van der Waals surface area contributed by atoms with Crippen LogP contribution in [0.2, 0.25) is 5.02 Å². The summed E-state index contributed by atoms with van der Waals surface area (Å²) in [6, 6.07) is 13.0. The molecule has 0 spiro atoms. The Kier molecular flexibility index (Phi) is 6.96. The lowest BCUT2D eigenvalue weighted by atomic mass is 9.93. The fourth-order valence-corrected chi connectivity index (χ4v) is 4.61. The van der Waals surface area contributed by atoms with Crippen molar-refractivity contribution in [3.05, 3.63) is 57.8 Å². The zero-order chi connectivity index (χ0) is 24.5. The molecule has 0 unspecified atom stereocenters. The molecule has 0 saturated carbocycles. The third kappa shape index (κ3) is 5.42. The molecule has 4 rings (SSSR count). The van der Waals surface area contributed by atoms with Gasteiger partial charge in [-0.25, -0.2) is 4.98 Å². The van der Waals surface area contributed by atoms with Gasteiger partial charge in [0.15, 0.2) is 0 Å². The number of nitrogens with zero attached hydrogens (tertiary/aromatic N) is 3. The van der Waals surface area contributed by atoms with Gasteiger partial charge in [-0.3, -0.25) is 14.2 Å². The molecule has 180 valence electrons. The van der Waals surface area contributed by atoms with Crippen LogP contribution in [0.15, 0.2) is 47.3 Å². The van der Waals surface area contributed by atoms with E-state index in [9.17, 15) is 9.59 Å². The van der Waals surface area contributed by atoms with E-state index in [0.29, 0.717) is 27.3 Å². The molecule has 3 aromatic rings. The second kappa shape index (κ2) is 9.76. The van der Waals surface area contributed by atoms with Gasteiger partial charge in [0.1, 0.15) is 12.4 Å². The molecule has 1 aliphatic rings. The van der Waals surface area contributed by atoms with Crippen LogP contribution in [-0.2, 0) is 11.3 Å². The van der Waals surface area contributed by atoms with Gasteiger partial charge in [-0.15, -0.1) is 0 Å². The first-order valence-electron chi connectivity index (χ1n) is 11.7. The van der Waals surface area contributed by atoms with Crippen LogP contribution < -0.4 is 21.1 Å². The maximum Gasteiger partial charge on any atom is 0.262 e. The molecule has 8 heteroatoms. The molecule has 1 aliphatic heterocycles. The average Bonchev–Trinajstić information content (AvgIpc) is 2.95. The fraction of sp³-hybridized carbons (Fsp3) is 0.423. The number of halogens is 1. The van der Waals surface area contributed by atoms with Crippen LogP contribution in [0.5, 0.6) is 0 Å². The first-order valence-corrected chi connectivity index (χ1v) is 12.1. The Hall–Kier alpha value is -2.90. The highest BCUT2D eigenvalue weighted by Gasteiger charge is 2.25. The molecule has 0 radical (unpaired) electrons. The minimum atomic E-state index is -0.243. The van der Waals surface area contributed by atoms with Gasteiger partial charge in [0.25, 0.3) is 5.56 Å². The smallest absolute Gasteiger partial charge is 0.262 e. The zero-order valence-electron chi connectivity index (χ0n) is 20.2. The van der Waals surface area contributed by atoms with Gasteiger partial charge in [0.2, 0.25) is 5.91 Å². The lowest BCUT2D eigenvalue weighted by Crippen LogP contribution is -2.37. The Balaban J connectivity index is 1.84. The Morgan fingerprint density at radius 1 is 1.24 bits per heavy atom. The van der Waals surface area contributed by atoms with Crippen LogP contribution in [0.1, 0.15) is 27.7 Å². The van der Waals surface area contributed by atoms with E-state index in [1.165, 1.54) is 4.57 Å². The summed E-state index contributed by atoms with van der Waals surface area (Å²) >= 11 is 6.22.